The van der Waals surface area contributed by atoms with Crippen LogP contribution < -0.4 is 5.32 Å². The summed E-state index contributed by atoms with van der Waals surface area (Å²) in [6, 6.07) is 1.40. The summed E-state index contributed by atoms with van der Waals surface area (Å²) in [6.07, 6.45) is -2.99. The van der Waals surface area contributed by atoms with Crippen LogP contribution in [0.5, 0.6) is 0 Å². The zero-order chi connectivity index (χ0) is 16.8. The van der Waals surface area contributed by atoms with Crippen LogP contribution in [-0.4, -0.2) is 41.4 Å². The van der Waals surface area contributed by atoms with Crippen molar-refractivity contribution in [2.45, 2.75) is 26.6 Å². The van der Waals surface area contributed by atoms with E-state index in [9.17, 15) is 18.0 Å². The maximum absolute atomic E-state index is 12.6. The molecule has 0 unspecified atom stereocenters. The normalized spacial score (nSPS) is 12.0. The Labute approximate surface area is 127 Å². The van der Waals surface area contributed by atoms with E-state index >= 15 is 0 Å². The van der Waals surface area contributed by atoms with Crippen LogP contribution in [0.15, 0.2) is 12.4 Å². The summed E-state index contributed by atoms with van der Waals surface area (Å²) in [4.78, 5) is 16.2. The SMILES string of the molecule is Cc1cc(C(=O)Nc2nnc3nc[nH]n23)c(C)n1CC(F)(F)F. The smallest absolute Gasteiger partial charge is 0.339 e. The first-order chi connectivity index (χ1) is 10.8. The number of nitrogens with one attached hydrogen (secondary N) is 2. The number of nitrogens with zero attached hydrogens (tertiary/aromatic N) is 5. The lowest BCUT2D eigenvalue weighted by Gasteiger charge is -2.12. The van der Waals surface area contributed by atoms with Crippen molar-refractivity contribution < 1.29 is 18.0 Å². The second kappa shape index (κ2) is 5.11. The fraction of sp³-hybridized carbons (Fsp3) is 0.333. The summed E-state index contributed by atoms with van der Waals surface area (Å²) >= 11 is 0. The van der Waals surface area contributed by atoms with Crippen molar-refractivity contribution in [3.63, 3.8) is 0 Å². The first-order valence-corrected chi connectivity index (χ1v) is 6.55. The molecule has 0 atom stereocenters. The van der Waals surface area contributed by atoms with Crippen molar-refractivity contribution in [3.05, 3.63) is 29.3 Å². The van der Waals surface area contributed by atoms with Crippen LogP contribution in [0.1, 0.15) is 21.7 Å². The summed E-state index contributed by atoms with van der Waals surface area (Å²) < 4.78 is 40.2. The summed E-state index contributed by atoms with van der Waals surface area (Å²) in [5, 5.41) is 12.7. The van der Waals surface area contributed by atoms with Crippen molar-refractivity contribution in [1.29, 1.82) is 0 Å². The highest BCUT2D eigenvalue weighted by atomic mass is 19.4. The Morgan fingerprint density at radius 1 is 1.35 bits per heavy atom. The Bertz CT molecular complexity index is 873. The largest absolute Gasteiger partial charge is 0.406 e. The monoisotopic (exact) mass is 327 g/mol. The van der Waals surface area contributed by atoms with Crippen molar-refractivity contribution >= 4 is 17.6 Å². The summed E-state index contributed by atoms with van der Waals surface area (Å²) in [6.45, 7) is 1.83. The lowest BCUT2D eigenvalue weighted by Crippen LogP contribution is -2.20. The number of carbonyl (C=O) groups is 1. The Balaban J connectivity index is 1.88. The molecule has 3 rings (SSSR count). The summed E-state index contributed by atoms with van der Waals surface area (Å²) in [5.74, 6) is -0.207. The minimum atomic E-state index is -4.36. The van der Waals surface area contributed by atoms with Crippen LogP contribution in [0, 0.1) is 13.8 Å². The molecule has 0 aliphatic carbocycles. The van der Waals surface area contributed by atoms with Crippen molar-refractivity contribution in [2.75, 3.05) is 5.32 Å². The molecule has 0 bridgehead atoms. The third kappa shape index (κ3) is 2.76. The first kappa shape index (κ1) is 15.1. The molecule has 0 aromatic carbocycles. The van der Waals surface area contributed by atoms with Crippen molar-refractivity contribution in [1.82, 2.24) is 29.4 Å². The van der Waals surface area contributed by atoms with E-state index in [-0.39, 0.29) is 23.0 Å². The molecule has 3 aromatic rings. The van der Waals surface area contributed by atoms with Crippen molar-refractivity contribution in [3.8, 4) is 0 Å². The third-order valence-corrected chi connectivity index (χ3v) is 3.39. The maximum Gasteiger partial charge on any atom is 0.406 e. The topological polar surface area (TPSA) is 92.9 Å². The van der Waals surface area contributed by atoms with Crippen LogP contribution in [0.3, 0.4) is 0 Å². The molecule has 3 heterocycles. The minimum absolute atomic E-state index is 0.100. The minimum Gasteiger partial charge on any atom is -0.339 e. The van der Waals surface area contributed by atoms with Gasteiger partial charge in [0.1, 0.15) is 12.9 Å². The molecule has 8 nitrogen and oxygen atoms in total. The number of aromatic amines is 1. The number of halogens is 3. The zero-order valence-electron chi connectivity index (χ0n) is 12.1. The lowest BCUT2D eigenvalue weighted by molar-refractivity contribution is -0.141. The second-order valence-corrected chi connectivity index (χ2v) is 4.99. The highest BCUT2D eigenvalue weighted by molar-refractivity contribution is 6.04. The predicted molar refractivity (Wildman–Crippen MR) is 73.0 cm³/mol. The van der Waals surface area contributed by atoms with Gasteiger partial charge in [0.2, 0.25) is 0 Å². The number of carbonyl (C=O) groups excluding carboxylic acids is 1. The molecule has 0 spiro atoms. The van der Waals surface area contributed by atoms with Crippen LogP contribution in [0.25, 0.3) is 5.78 Å². The third-order valence-electron chi connectivity index (χ3n) is 3.39. The van der Waals surface area contributed by atoms with Crippen LogP contribution in [0.4, 0.5) is 19.1 Å². The number of fused-ring (bicyclic) bond motifs is 1. The molecule has 0 saturated heterocycles. The number of aryl methyl sites for hydroxylation is 1. The Morgan fingerprint density at radius 2 is 2.09 bits per heavy atom. The summed E-state index contributed by atoms with van der Waals surface area (Å²) in [7, 11) is 0. The van der Waals surface area contributed by atoms with Gasteiger partial charge in [0.25, 0.3) is 17.6 Å². The van der Waals surface area contributed by atoms with Gasteiger partial charge in [-0.05, 0) is 19.9 Å². The number of hydrogen-bond acceptors (Lipinski definition) is 4. The van der Waals surface area contributed by atoms with E-state index in [1.807, 2.05) is 0 Å². The van der Waals surface area contributed by atoms with Gasteiger partial charge in [0.05, 0.1) is 5.56 Å². The molecule has 0 aliphatic rings. The van der Waals surface area contributed by atoms with Gasteiger partial charge >= 0.3 is 6.18 Å². The zero-order valence-corrected chi connectivity index (χ0v) is 12.1. The molecule has 3 aromatic heterocycles. The van der Waals surface area contributed by atoms with Gasteiger partial charge in [-0.2, -0.15) is 22.7 Å². The van der Waals surface area contributed by atoms with Gasteiger partial charge in [-0.25, -0.2) is 0 Å². The Morgan fingerprint density at radius 3 is 2.78 bits per heavy atom. The van der Waals surface area contributed by atoms with E-state index in [2.05, 4.69) is 25.6 Å². The Kier molecular flexibility index (Phi) is 3.34. The second-order valence-electron chi connectivity index (χ2n) is 4.99. The molecule has 11 heteroatoms. The number of aromatic nitrogens is 6. The standard InChI is InChI=1S/C12H12F3N7O/c1-6-3-8(7(2)21(6)4-12(13,14)15)9(23)18-11-20-19-10-16-5-17-22(10)11/h3,5H,4H2,1-2H3,(H,16,17,19)(H,18,20,23). The van der Waals surface area contributed by atoms with Crippen LogP contribution in [-0.2, 0) is 6.54 Å². The summed E-state index contributed by atoms with van der Waals surface area (Å²) in [5.41, 5.74) is 0.712. The van der Waals surface area contributed by atoms with E-state index in [4.69, 9.17) is 0 Å². The van der Waals surface area contributed by atoms with Gasteiger partial charge in [-0.15, -0.1) is 10.2 Å². The van der Waals surface area contributed by atoms with E-state index in [1.54, 1.807) is 0 Å². The quantitative estimate of drug-likeness (QED) is 0.765. The van der Waals surface area contributed by atoms with Crippen LogP contribution >= 0.6 is 0 Å². The number of H-pyrrole nitrogens is 1. The van der Waals surface area contributed by atoms with Crippen LogP contribution in [0.2, 0.25) is 0 Å². The van der Waals surface area contributed by atoms with E-state index in [0.29, 0.717) is 5.69 Å². The molecule has 1 amide bonds. The highest BCUT2D eigenvalue weighted by Gasteiger charge is 2.30. The van der Waals surface area contributed by atoms with Gasteiger partial charge < -0.3 is 4.57 Å². The maximum atomic E-state index is 12.6. The predicted octanol–water partition coefficient (Wildman–Crippen LogP) is 1.69. The first-order valence-electron chi connectivity index (χ1n) is 6.55. The lowest BCUT2D eigenvalue weighted by atomic mass is 10.2. The molecule has 0 radical (unpaired) electrons. The number of amides is 1. The molecule has 0 aliphatic heterocycles. The molecular formula is C12H12F3N7O. The fourth-order valence-corrected chi connectivity index (χ4v) is 2.33. The van der Waals surface area contributed by atoms with E-state index in [0.717, 1.165) is 4.57 Å². The van der Waals surface area contributed by atoms with Gasteiger partial charge in [0, 0.05) is 11.4 Å². The number of rotatable bonds is 3. The van der Waals surface area contributed by atoms with Gasteiger partial charge in [0.15, 0.2) is 0 Å². The molecule has 23 heavy (non-hydrogen) atoms. The number of hydrogen-bond donors (Lipinski definition) is 2. The van der Waals surface area contributed by atoms with E-state index < -0.39 is 18.6 Å². The van der Waals surface area contributed by atoms with Crippen molar-refractivity contribution in [2.24, 2.45) is 0 Å². The van der Waals surface area contributed by atoms with E-state index in [1.165, 1.54) is 30.8 Å². The Hall–Kier alpha value is -2.85. The van der Waals surface area contributed by atoms with Gasteiger partial charge in [-0.3, -0.25) is 15.2 Å². The average molecular weight is 327 g/mol. The fourth-order valence-electron chi connectivity index (χ4n) is 2.33. The molecule has 2 N–H and O–H groups in total. The molecule has 0 fully saturated rings. The highest BCUT2D eigenvalue weighted by Crippen LogP contribution is 2.23. The number of alkyl halides is 3. The average Bonchev–Trinajstić information content (AvgIpc) is 3.10. The number of anilines is 1. The molecule has 0 saturated carbocycles. The van der Waals surface area contributed by atoms with Gasteiger partial charge in [-0.1, -0.05) is 0 Å². The molecular weight excluding hydrogens is 315 g/mol. The molecule has 122 valence electrons.